The van der Waals surface area contributed by atoms with Crippen LogP contribution >= 0.6 is 0 Å². The van der Waals surface area contributed by atoms with Gasteiger partial charge < -0.3 is 15.2 Å². The lowest BCUT2D eigenvalue weighted by atomic mass is 9.98. The van der Waals surface area contributed by atoms with E-state index in [1.165, 1.54) is 12.1 Å². The first-order valence-corrected chi connectivity index (χ1v) is 8.05. The molecule has 2 unspecified atom stereocenters. The first-order chi connectivity index (χ1) is 11.2. The number of hydrogen-bond donors (Lipinski definition) is 2. The molecule has 3 rings (SSSR count). The predicted octanol–water partition coefficient (Wildman–Crippen LogP) is 3.88. The molecule has 4 heteroatoms. The van der Waals surface area contributed by atoms with Crippen molar-refractivity contribution in [1.82, 2.24) is 5.32 Å². The van der Waals surface area contributed by atoms with Crippen LogP contribution in [0.1, 0.15) is 48.5 Å². The fourth-order valence-electron chi connectivity index (χ4n) is 3.08. The fourth-order valence-corrected chi connectivity index (χ4v) is 3.08. The number of nitrogens with one attached hydrogen (secondary N) is 1. The second kappa shape index (κ2) is 7.11. The zero-order chi connectivity index (χ0) is 16.2. The summed E-state index contributed by atoms with van der Waals surface area (Å²) in [5.74, 6) is 0.365. The van der Waals surface area contributed by atoms with Gasteiger partial charge in [-0.2, -0.15) is 0 Å². The number of aliphatic hydroxyl groups excluding tert-OH is 1. The summed E-state index contributed by atoms with van der Waals surface area (Å²) in [5.41, 5.74) is 3.04. The Kier molecular flexibility index (Phi) is 4.94. The summed E-state index contributed by atoms with van der Waals surface area (Å²) in [4.78, 5) is 0. The molecule has 2 aromatic carbocycles. The Morgan fingerprint density at radius 3 is 3.00 bits per heavy atom. The minimum Gasteiger partial charge on any atom is -0.493 e. The summed E-state index contributed by atoms with van der Waals surface area (Å²) in [6, 6.07) is 12.9. The Balaban J connectivity index is 1.81. The Bertz CT molecular complexity index is 674. The van der Waals surface area contributed by atoms with Crippen molar-refractivity contribution in [3.8, 4) is 5.75 Å². The zero-order valence-electron chi connectivity index (χ0n) is 13.3. The van der Waals surface area contributed by atoms with Gasteiger partial charge in [0.2, 0.25) is 0 Å². The van der Waals surface area contributed by atoms with E-state index in [-0.39, 0.29) is 24.5 Å². The van der Waals surface area contributed by atoms with Crippen molar-refractivity contribution >= 4 is 0 Å². The largest absolute Gasteiger partial charge is 0.493 e. The van der Waals surface area contributed by atoms with Gasteiger partial charge in [-0.3, -0.25) is 0 Å². The average molecular weight is 315 g/mol. The van der Waals surface area contributed by atoms with Gasteiger partial charge in [-0.1, -0.05) is 30.3 Å². The molecule has 2 aromatic rings. The number of aliphatic hydroxyl groups is 1. The van der Waals surface area contributed by atoms with Crippen molar-refractivity contribution in [1.29, 1.82) is 0 Å². The van der Waals surface area contributed by atoms with Gasteiger partial charge in [0.1, 0.15) is 11.6 Å². The van der Waals surface area contributed by atoms with E-state index in [1.54, 1.807) is 0 Å². The van der Waals surface area contributed by atoms with Crippen molar-refractivity contribution in [2.75, 3.05) is 6.61 Å². The third-order valence-electron chi connectivity index (χ3n) is 4.33. The molecule has 1 aliphatic heterocycles. The molecule has 0 aromatic heterocycles. The van der Waals surface area contributed by atoms with E-state index in [0.29, 0.717) is 12.4 Å². The molecule has 0 saturated carbocycles. The molecule has 0 saturated heterocycles. The van der Waals surface area contributed by atoms with Gasteiger partial charge in [-0.25, -0.2) is 4.39 Å². The molecule has 1 heterocycles. The summed E-state index contributed by atoms with van der Waals surface area (Å²) in [6.45, 7) is 2.76. The van der Waals surface area contributed by atoms with E-state index in [1.807, 2.05) is 24.3 Å². The van der Waals surface area contributed by atoms with E-state index >= 15 is 0 Å². The van der Waals surface area contributed by atoms with Gasteiger partial charge in [-0.05, 0) is 37.0 Å². The quantitative estimate of drug-likeness (QED) is 0.899. The lowest BCUT2D eigenvalue weighted by Crippen LogP contribution is -2.24. The minimum absolute atomic E-state index is 0.0416. The summed E-state index contributed by atoms with van der Waals surface area (Å²) < 4.78 is 19.1. The number of hydrogen-bond acceptors (Lipinski definition) is 3. The van der Waals surface area contributed by atoms with E-state index in [9.17, 15) is 9.50 Å². The number of ether oxygens (including phenoxy) is 1. The smallest absolute Gasteiger partial charge is 0.126 e. The number of halogens is 1. The molecule has 0 amide bonds. The average Bonchev–Trinajstić information content (AvgIpc) is 2.76. The Morgan fingerprint density at radius 1 is 1.30 bits per heavy atom. The fraction of sp³-hybridized carbons (Fsp3) is 0.368. The third kappa shape index (κ3) is 3.71. The molecule has 3 nitrogen and oxygen atoms in total. The lowest BCUT2D eigenvalue weighted by Gasteiger charge is -2.24. The van der Waals surface area contributed by atoms with Crippen LogP contribution in [0.3, 0.4) is 0 Å². The van der Waals surface area contributed by atoms with Crippen LogP contribution in [0.25, 0.3) is 0 Å². The summed E-state index contributed by atoms with van der Waals surface area (Å²) in [5, 5.41) is 12.9. The van der Waals surface area contributed by atoms with Crippen molar-refractivity contribution < 1.29 is 14.2 Å². The Morgan fingerprint density at radius 2 is 2.17 bits per heavy atom. The lowest BCUT2D eigenvalue weighted by molar-refractivity contribution is 0.281. The van der Waals surface area contributed by atoms with Gasteiger partial charge in [0.15, 0.2) is 0 Å². The van der Waals surface area contributed by atoms with Crippen LogP contribution in [0.15, 0.2) is 42.5 Å². The number of rotatable bonds is 4. The van der Waals surface area contributed by atoms with Crippen LogP contribution in [0, 0.1) is 5.82 Å². The normalized spacial score (nSPS) is 18.7. The maximum atomic E-state index is 13.4. The van der Waals surface area contributed by atoms with Crippen LogP contribution in [0.2, 0.25) is 0 Å². The number of fused-ring (bicyclic) bond motifs is 1. The summed E-state index contributed by atoms with van der Waals surface area (Å²) in [6.07, 6.45) is 1.88. The number of benzene rings is 2. The molecular weight excluding hydrogens is 293 g/mol. The molecule has 122 valence electrons. The van der Waals surface area contributed by atoms with Crippen molar-refractivity contribution in [3.63, 3.8) is 0 Å². The van der Waals surface area contributed by atoms with Crippen molar-refractivity contribution in [2.24, 2.45) is 0 Å². The van der Waals surface area contributed by atoms with E-state index in [4.69, 9.17) is 4.74 Å². The maximum absolute atomic E-state index is 13.4. The van der Waals surface area contributed by atoms with Gasteiger partial charge in [0, 0.05) is 23.7 Å². The highest BCUT2D eigenvalue weighted by Crippen LogP contribution is 2.33. The highest BCUT2D eigenvalue weighted by Gasteiger charge is 2.22. The monoisotopic (exact) mass is 315 g/mol. The second-order valence-corrected chi connectivity index (χ2v) is 6.02. The summed E-state index contributed by atoms with van der Waals surface area (Å²) in [7, 11) is 0. The van der Waals surface area contributed by atoms with Gasteiger partial charge in [0.05, 0.1) is 13.2 Å². The topological polar surface area (TPSA) is 41.5 Å². The first kappa shape index (κ1) is 16.0. The van der Waals surface area contributed by atoms with Crippen LogP contribution in [-0.2, 0) is 6.61 Å². The van der Waals surface area contributed by atoms with Crippen LogP contribution < -0.4 is 10.1 Å². The molecular formula is C19H22FNO2. The van der Waals surface area contributed by atoms with E-state index in [0.717, 1.165) is 29.5 Å². The Hall–Kier alpha value is -1.91. The molecule has 0 aliphatic carbocycles. The van der Waals surface area contributed by atoms with E-state index < -0.39 is 0 Å². The van der Waals surface area contributed by atoms with Crippen molar-refractivity contribution in [3.05, 3.63) is 65.0 Å². The highest BCUT2D eigenvalue weighted by molar-refractivity contribution is 5.37. The van der Waals surface area contributed by atoms with Crippen LogP contribution in [0.5, 0.6) is 5.75 Å². The molecule has 0 radical (unpaired) electrons. The van der Waals surface area contributed by atoms with E-state index in [2.05, 4.69) is 18.3 Å². The minimum atomic E-state index is -0.270. The molecule has 0 spiro atoms. The molecule has 0 fully saturated rings. The Labute approximate surface area is 136 Å². The van der Waals surface area contributed by atoms with Gasteiger partial charge in [0.25, 0.3) is 0 Å². The van der Waals surface area contributed by atoms with Gasteiger partial charge in [-0.15, -0.1) is 0 Å². The predicted molar refractivity (Wildman–Crippen MR) is 87.8 cm³/mol. The second-order valence-electron chi connectivity index (χ2n) is 6.02. The molecule has 23 heavy (non-hydrogen) atoms. The third-order valence-corrected chi connectivity index (χ3v) is 4.33. The summed E-state index contributed by atoms with van der Waals surface area (Å²) >= 11 is 0. The molecule has 2 atom stereocenters. The SMILES string of the molecule is CC(NC1CCCOc2cc(F)ccc21)c1cccc(CO)c1. The van der Waals surface area contributed by atoms with Crippen LogP contribution in [-0.4, -0.2) is 11.7 Å². The maximum Gasteiger partial charge on any atom is 0.126 e. The molecule has 2 N–H and O–H groups in total. The molecule has 0 bridgehead atoms. The standard InChI is InChI=1S/C19H22FNO2/c1-13(15-5-2-4-14(10-15)12-22)21-18-6-3-9-23-19-11-16(20)7-8-17(18)19/h2,4-5,7-8,10-11,13,18,21-22H,3,6,9,12H2,1H3. The van der Waals surface area contributed by atoms with Crippen molar-refractivity contribution in [2.45, 2.75) is 38.5 Å². The highest BCUT2D eigenvalue weighted by atomic mass is 19.1. The zero-order valence-corrected chi connectivity index (χ0v) is 13.3. The molecule has 1 aliphatic rings. The van der Waals surface area contributed by atoms with Gasteiger partial charge >= 0.3 is 0 Å². The first-order valence-electron chi connectivity index (χ1n) is 8.05. The van der Waals surface area contributed by atoms with Crippen LogP contribution in [0.4, 0.5) is 4.39 Å².